The van der Waals surface area contributed by atoms with Crippen LogP contribution in [0.4, 0.5) is 0 Å². The maximum atomic E-state index is 11.5. The van der Waals surface area contributed by atoms with Gasteiger partial charge in [-0.2, -0.15) is 0 Å². The van der Waals surface area contributed by atoms with Gasteiger partial charge in [-0.25, -0.2) is 0 Å². The van der Waals surface area contributed by atoms with E-state index in [0.717, 1.165) is 12.8 Å². The number of amides is 2. The molecule has 3 atom stereocenters. The van der Waals surface area contributed by atoms with Crippen molar-refractivity contribution < 1.29 is 9.59 Å². The topological polar surface area (TPSA) is 98.2 Å². The van der Waals surface area contributed by atoms with Crippen molar-refractivity contribution in [2.75, 3.05) is 0 Å². The highest BCUT2D eigenvalue weighted by Gasteiger charge is 2.28. The highest BCUT2D eigenvalue weighted by Crippen LogP contribution is 2.24. The third kappa shape index (κ3) is 2.70. The van der Waals surface area contributed by atoms with Crippen LogP contribution in [0.5, 0.6) is 0 Å². The maximum Gasteiger partial charge on any atom is 0.239 e. The molecule has 5 N–H and O–H groups in total. The molecule has 1 aliphatic carbocycles. The number of carbonyl (C=O) groups is 2. The summed E-state index contributed by atoms with van der Waals surface area (Å²) in [6.45, 7) is 1.58. The number of nitrogens with two attached hydrogens (primary N) is 2. The van der Waals surface area contributed by atoms with Gasteiger partial charge in [-0.3, -0.25) is 9.59 Å². The Labute approximate surface area is 83.2 Å². The zero-order valence-electron chi connectivity index (χ0n) is 8.32. The molecule has 1 saturated carbocycles. The first kappa shape index (κ1) is 11.0. The summed E-state index contributed by atoms with van der Waals surface area (Å²) in [6, 6.07) is -0.478. The summed E-state index contributed by atoms with van der Waals surface area (Å²) in [5.41, 5.74) is 10.7. The van der Waals surface area contributed by atoms with Gasteiger partial charge in [0.1, 0.15) is 6.04 Å². The van der Waals surface area contributed by atoms with Crippen LogP contribution in [0.15, 0.2) is 0 Å². The number of hydrogen-bond donors (Lipinski definition) is 3. The van der Waals surface area contributed by atoms with Gasteiger partial charge in [0, 0.05) is 12.0 Å². The fraction of sp³-hybridized carbons (Fsp3) is 0.778. The molecule has 0 bridgehead atoms. The number of carbonyl (C=O) groups excluding carboxylic acids is 2. The normalized spacial score (nSPS) is 28.4. The zero-order valence-corrected chi connectivity index (χ0v) is 8.32. The molecule has 1 aliphatic rings. The van der Waals surface area contributed by atoms with Gasteiger partial charge >= 0.3 is 0 Å². The van der Waals surface area contributed by atoms with Crippen molar-refractivity contribution in [3.8, 4) is 0 Å². The molecule has 0 heterocycles. The van der Waals surface area contributed by atoms with Crippen LogP contribution in [0, 0.1) is 5.92 Å². The quantitative estimate of drug-likeness (QED) is 0.549. The van der Waals surface area contributed by atoms with Gasteiger partial charge in [0.2, 0.25) is 11.8 Å². The van der Waals surface area contributed by atoms with Gasteiger partial charge in [-0.05, 0) is 26.2 Å². The molecule has 0 aromatic rings. The van der Waals surface area contributed by atoms with E-state index >= 15 is 0 Å². The van der Waals surface area contributed by atoms with Crippen LogP contribution in [0.1, 0.15) is 26.2 Å². The summed E-state index contributed by atoms with van der Waals surface area (Å²) in [5.74, 6) is -0.670. The van der Waals surface area contributed by atoms with E-state index in [2.05, 4.69) is 5.32 Å². The summed E-state index contributed by atoms with van der Waals surface area (Å²) >= 11 is 0. The molecule has 0 aromatic carbocycles. The summed E-state index contributed by atoms with van der Waals surface area (Å²) in [7, 11) is 0. The van der Waals surface area contributed by atoms with Crippen molar-refractivity contribution in [3.63, 3.8) is 0 Å². The molecule has 0 saturated heterocycles. The number of rotatable bonds is 3. The molecule has 2 unspecified atom stereocenters. The van der Waals surface area contributed by atoms with E-state index in [0.29, 0.717) is 6.42 Å². The standard InChI is InChI=1S/C9H17N3O2/c1-5(8(11)13)12-9(14)6-2-3-7(10)4-6/h5-7H,2-4,10H2,1H3,(H2,11,13)(H,12,14)/t5-,6?,7?/m1/s1. The predicted molar refractivity (Wildman–Crippen MR) is 52.1 cm³/mol. The molecule has 5 heteroatoms. The Hall–Kier alpha value is -1.10. The third-order valence-electron chi connectivity index (χ3n) is 2.63. The maximum absolute atomic E-state index is 11.5. The van der Waals surface area contributed by atoms with Gasteiger partial charge in [-0.1, -0.05) is 0 Å². The van der Waals surface area contributed by atoms with Crippen molar-refractivity contribution in [3.05, 3.63) is 0 Å². The van der Waals surface area contributed by atoms with Crippen molar-refractivity contribution >= 4 is 11.8 Å². The molecule has 0 aromatic heterocycles. The summed E-state index contributed by atoms with van der Waals surface area (Å²) < 4.78 is 0. The Morgan fingerprint density at radius 3 is 2.50 bits per heavy atom. The van der Waals surface area contributed by atoms with Crippen molar-refractivity contribution in [1.29, 1.82) is 0 Å². The largest absolute Gasteiger partial charge is 0.368 e. The highest BCUT2D eigenvalue weighted by molar-refractivity contribution is 5.87. The molecule has 0 radical (unpaired) electrons. The van der Waals surface area contributed by atoms with Gasteiger partial charge in [0.25, 0.3) is 0 Å². The van der Waals surface area contributed by atoms with Crippen LogP contribution in [-0.4, -0.2) is 23.9 Å². The van der Waals surface area contributed by atoms with Crippen LogP contribution in [-0.2, 0) is 9.59 Å². The lowest BCUT2D eigenvalue weighted by Crippen LogP contribution is -2.44. The summed E-state index contributed by atoms with van der Waals surface area (Å²) in [5, 5.41) is 2.57. The monoisotopic (exact) mass is 199 g/mol. The summed E-state index contributed by atoms with van der Waals surface area (Å²) in [4.78, 5) is 22.2. The highest BCUT2D eigenvalue weighted by atomic mass is 16.2. The molecule has 2 amide bonds. The van der Waals surface area contributed by atoms with Crippen LogP contribution in [0.25, 0.3) is 0 Å². The Morgan fingerprint density at radius 2 is 2.07 bits per heavy atom. The van der Waals surface area contributed by atoms with E-state index in [9.17, 15) is 9.59 Å². The molecule has 1 fully saturated rings. The Kier molecular flexibility index (Phi) is 3.46. The fourth-order valence-corrected chi connectivity index (χ4v) is 1.66. The van der Waals surface area contributed by atoms with Gasteiger partial charge in [0.15, 0.2) is 0 Å². The smallest absolute Gasteiger partial charge is 0.239 e. The third-order valence-corrected chi connectivity index (χ3v) is 2.63. The average Bonchev–Trinajstić information content (AvgIpc) is 2.51. The van der Waals surface area contributed by atoms with Crippen molar-refractivity contribution in [2.45, 2.75) is 38.3 Å². The second-order valence-electron chi connectivity index (χ2n) is 3.90. The molecule has 5 nitrogen and oxygen atoms in total. The second-order valence-corrected chi connectivity index (χ2v) is 3.90. The molecule has 1 rings (SSSR count). The van der Waals surface area contributed by atoms with E-state index < -0.39 is 11.9 Å². The van der Waals surface area contributed by atoms with Crippen LogP contribution < -0.4 is 16.8 Å². The number of nitrogens with one attached hydrogen (secondary N) is 1. The fourth-order valence-electron chi connectivity index (χ4n) is 1.66. The molecule has 0 aliphatic heterocycles. The first-order chi connectivity index (χ1) is 6.50. The van der Waals surface area contributed by atoms with E-state index in [4.69, 9.17) is 11.5 Å². The van der Waals surface area contributed by atoms with Gasteiger partial charge in [-0.15, -0.1) is 0 Å². The molecule has 80 valence electrons. The zero-order chi connectivity index (χ0) is 10.7. The predicted octanol–water partition coefficient (Wildman–Crippen LogP) is -0.896. The van der Waals surface area contributed by atoms with Crippen molar-refractivity contribution in [1.82, 2.24) is 5.32 Å². The Bertz CT molecular complexity index is 242. The molecular formula is C9H17N3O2. The van der Waals surface area contributed by atoms with Crippen LogP contribution >= 0.6 is 0 Å². The van der Waals surface area contributed by atoms with Crippen LogP contribution in [0.2, 0.25) is 0 Å². The van der Waals surface area contributed by atoms with Gasteiger partial charge < -0.3 is 16.8 Å². The van der Waals surface area contributed by atoms with E-state index in [1.165, 1.54) is 0 Å². The minimum atomic E-state index is -0.598. The molecule has 14 heavy (non-hydrogen) atoms. The number of primary amides is 1. The van der Waals surface area contributed by atoms with Gasteiger partial charge in [0.05, 0.1) is 0 Å². The van der Waals surface area contributed by atoms with Crippen molar-refractivity contribution in [2.24, 2.45) is 17.4 Å². The Balaban J connectivity index is 2.39. The lowest BCUT2D eigenvalue weighted by atomic mass is 10.1. The Morgan fingerprint density at radius 1 is 1.43 bits per heavy atom. The van der Waals surface area contributed by atoms with E-state index in [1.54, 1.807) is 6.92 Å². The first-order valence-corrected chi connectivity index (χ1v) is 4.86. The SMILES string of the molecule is C[C@@H](NC(=O)C1CCC(N)C1)C(N)=O. The van der Waals surface area contributed by atoms with Crippen LogP contribution in [0.3, 0.4) is 0 Å². The number of hydrogen-bond acceptors (Lipinski definition) is 3. The van der Waals surface area contributed by atoms with E-state index in [1.807, 2.05) is 0 Å². The van der Waals surface area contributed by atoms with E-state index in [-0.39, 0.29) is 17.9 Å². The molecule has 0 spiro atoms. The minimum absolute atomic E-state index is 0.0493. The lowest BCUT2D eigenvalue weighted by molar-refractivity contribution is -0.129. The second kappa shape index (κ2) is 4.41. The average molecular weight is 199 g/mol. The molecular weight excluding hydrogens is 182 g/mol. The minimum Gasteiger partial charge on any atom is -0.368 e. The first-order valence-electron chi connectivity index (χ1n) is 4.86. The summed E-state index contributed by atoms with van der Waals surface area (Å²) in [6.07, 6.45) is 2.39. The lowest BCUT2D eigenvalue weighted by Gasteiger charge is -2.14.